The number of pyridine rings is 1. The maximum Gasteiger partial charge on any atom is 0.337 e. The first-order chi connectivity index (χ1) is 10.4. The summed E-state index contributed by atoms with van der Waals surface area (Å²) in [7, 11) is 0. The first-order valence-corrected chi connectivity index (χ1v) is 6.74. The largest absolute Gasteiger partial charge is 0.478 e. The van der Waals surface area contributed by atoms with Gasteiger partial charge < -0.3 is 15.0 Å². The molecule has 0 spiro atoms. The summed E-state index contributed by atoms with van der Waals surface area (Å²) in [6.07, 6.45) is 1.14. The van der Waals surface area contributed by atoms with E-state index >= 15 is 0 Å². The van der Waals surface area contributed by atoms with Gasteiger partial charge in [0.1, 0.15) is 6.54 Å². The number of hydrogen-bond donors (Lipinski definition) is 2. The lowest BCUT2D eigenvalue weighted by atomic mass is 10.2. The molecule has 7 heteroatoms. The van der Waals surface area contributed by atoms with E-state index in [1.807, 2.05) is 0 Å². The molecule has 0 aliphatic heterocycles. The summed E-state index contributed by atoms with van der Waals surface area (Å²) >= 11 is 5.84. The van der Waals surface area contributed by atoms with Crippen molar-refractivity contribution in [2.45, 2.75) is 13.5 Å². The summed E-state index contributed by atoms with van der Waals surface area (Å²) in [4.78, 5) is 34.6. The molecule has 1 heterocycles. The Balaban J connectivity index is 2.17. The van der Waals surface area contributed by atoms with E-state index in [4.69, 9.17) is 16.7 Å². The highest BCUT2D eigenvalue weighted by Crippen LogP contribution is 2.19. The van der Waals surface area contributed by atoms with Crippen LogP contribution >= 0.6 is 11.6 Å². The van der Waals surface area contributed by atoms with Crippen molar-refractivity contribution in [3.63, 3.8) is 0 Å². The zero-order valence-corrected chi connectivity index (χ0v) is 12.4. The summed E-state index contributed by atoms with van der Waals surface area (Å²) < 4.78 is 1.05. The Bertz CT molecular complexity index is 798. The summed E-state index contributed by atoms with van der Waals surface area (Å²) in [5.74, 6) is -1.60. The van der Waals surface area contributed by atoms with Crippen molar-refractivity contribution in [2.75, 3.05) is 5.32 Å². The fourth-order valence-electron chi connectivity index (χ4n) is 1.89. The highest BCUT2D eigenvalue weighted by Gasteiger charge is 2.10. The van der Waals surface area contributed by atoms with E-state index in [9.17, 15) is 14.4 Å². The van der Waals surface area contributed by atoms with E-state index < -0.39 is 17.4 Å². The number of amides is 1. The lowest BCUT2D eigenvalue weighted by Gasteiger charge is -2.10. The van der Waals surface area contributed by atoms with E-state index in [1.54, 1.807) is 25.1 Å². The van der Waals surface area contributed by atoms with Crippen LogP contribution in [0.25, 0.3) is 0 Å². The van der Waals surface area contributed by atoms with Crippen LogP contribution in [0.5, 0.6) is 0 Å². The van der Waals surface area contributed by atoms with Gasteiger partial charge in [0.2, 0.25) is 5.91 Å². The Morgan fingerprint density at radius 3 is 2.64 bits per heavy atom. The van der Waals surface area contributed by atoms with Crippen LogP contribution in [0, 0.1) is 6.92 Å². The van der Waals surface area contributed by atoms with Gasteiger partial charge in [0.05, 0.1) is 5.56 Å². The molecule has 0 unspecified atom stereocenters. The fraction of sp³-hybridized carbons (Fsp3) is 0.133. The molecule has 0 fully saturated rings. The van der Waals surface area contributed by atoms with Gasteiger partial charge in [0.15, 0.2) is 0 Å². The van der Waals surface area contributed by atoms with Crippen LogP contribution in [-0.2, 0) is 11.3 Å². The van der Waals surface area contributed by atoms with Crippen molar-refractivity contribution < 1.29 is 14.7 Å². The topological polar surface area (TPSA) is 88.4 Å². The lowest BCUT2D eigenvalue weighted by molar-refractivity contribution is -0.116. The van der Waals surface area contributed by atoms with Crippen molar-refractivity contribution in [1.29, 1.82) is 0 Å². The number of anilines is 1. The van der Waals surface area contributed by atoms with Crippen LogP contribution in [-0.4, -0.2) is 21.6 Å². The SMILES string of the molecule is Cc1cc(Cl)ccc1NC(=O)Cn1cc(C(=O)O)ccc1=O. The molecule has 0 aliphatic rings. The van der Waals surface area contributed by atoms with Gasteiger partial charge in [-0.15, -0.1) is 0 Å². The average molecular weight is 321 g/mol. The molecule has 0 aliphatic carbocycles. The summed E-state index contributed by atoms with van der Waals surface area (Å²) in [6.45, 7) is 1.51. The smallest absolute Gasteiger partial charge is 0.337 e. The number of hydrogen-bond acceptors (Lipinski definition) is 3. The van der Waals surface area contributed by atoms with Crippen molar-refractivity contribution in [3.05, 3.63) is 63.0 Å². The molecule has 0 radical (unpaired) electrons. The van der Waals surface area contributed by atoms with Crippen LogP contribution in [0.4, 0.5) is 5.69 Å². The molecule has 0 atom stereocenters. The third-order valence-electron chi connectivity index (χ3n) is 3.01. The van der Waals surface area contributed by atoms with Crippen LogP contribution in [0.3, 0.4) is 0 Å². The number of aromatic nitrogens is 1. The highest BCUT2D eigenvalue weighted by molar-refractivity contribution is 6.30. The molecule has 0 bridgehead atoms. The number of rotatable bonds is 4. The molecule has 22 heavy (non-hydrogen) atoms. The molecule has 1 amide bonds. The predicted octanol–water partition coefficient (Wildman–Crippen LogP) is 2.15. The predicted molar refractivity (Wildman–Crippen MR) is 82.5 cm³/mol. The Kier molecular flexibility index (Phi) is 4.62. The van der Waals surface area contributed by atoms with Crippen LogP contribution < -0.4 is 10.9 Å². The summed E-state index contributed by atoms with van der Waals surface area (Å²) in [6, 6.07) is 7.31. The normalized spacial score (nSPS) is 10.3. The van der Waals surface area contributed by atoms with Gasteiger partial charge in [0, 0.05) is 23.0 Å². The molecule has 2 rings (SSSR count). The minimum Gasteiger partial charge on any atom is -0.478 e. The maximum absolute atomic E-state index is 12.0. The number of carboxylic acid groups (broad SMARTS) is 1. The first kappa shape index (κ1) is 15.8. The molecular formula is C15H13ClN2O4. The number of carbonyl (C=O) groups excluding carboxylic acids is 1. The van der Waals surface area contributed by atoms with Crippen LogP contribution in [0.2, 0.25) is 5.02 Å². The van der Waals surface area contributed by atoms with Gasteiger partial charge in [0.25, 0.3) is 5.56 Å². The average Bonchev–Trinajstić information content (AvgIpc) is 2.44. The van der Waals surface area contributed by atoms with Crippen molar-refractivity contribution in [2.24, 2.45) is 0 Å². The molecule has 6 nitrogen and oxygen atoms in total. The van der Waals surface area contributed by atoms with Gasteiger partial charge in [-0.3, -0.25) is 9.59 Å². The number of halogens is 1. The quantitative estimate of drug-likeness (QED) is 0.903. The van der Waals surface area contributed by atoms with E-state index in [0.29, 0.717) is 10.7 Å². The molecule has 1 aromatic carbocycles. The van der Waals surface area contributed by atoms with Crippen molar-refractivity contribution in [3.8, 4) is 0 Å². The van der Waals surface area contributed by atoms with E-state index in [0.717, 1.165) is 22.4 Å². The standard InChI is InChI=1S/C15H13ClN2O4/c1-9-6-11(16)3-4-12(9)17-13(19)8-18-7-10(15(21)22)2-5-14(18)20/h2-7H,8H2,1H3,(H,17,19)(H,21,22). The van der Waals surface area contributed by atoms with Gasteiger partial charge >= 0.3 is 5.97 Å². The number of aromatic carboxylic acids is 1. The molecule has 2 N–H and O–H groups in total. The summed E-state index contributed by atoms with van der Waals surface area (Å²) in [5, 5.41) is 12.1. The molecule has 0 saturated carbocycles. The third kappa shape index (κ3) is 3.73. The molecule has 2 aromatic rings. The van der Waals surface area contributed by atoms with Crippen LogP contribution in [0.15, 0.2) is 41.3 Å². The number of carboxylic acids is 1. The number of carbonyl (C=O) groups is 2. The fourth-order valence-corrected chi connectivity index (χ4v) is 2.12. The molecule has 114 valence electrons. The lowest BCUT2D eigenvalue weighted by Crippen LogP contribution is -2.27. The Hall–Kier alpha value is -2.60. The van der Waals surface area contributed by atoms with Gasteiger partial charge in [-0.25, -0.2) is 4.79 Å². The second-order valence-electron chi connectivity index (χ2n) is 4.70. The maximum atomic E-state index is 12.0. The number of nitrogens with one attached hydrogen (secondary N) is 1. The highest BCUT2D eigenvalue weighted by atomic mass is 35.5. The molecule has 0 saturated heterocycles. The monoisotopic (exact) mass is 320 g/mol. The first-order valence-electron chi connectivity index (χ1n) is 6.36. The van der Waals surface area contributed by atoms with E-state index in [-0.39, 0.29) is 12.1 Å². The van der Waals surface area contributed by atoms with E-state index in [1.165, 1.54) is 6.07 Å². The van der Waals surface area contributed by atoms with Crippen LogP contribution in [0.1, 0.15) is 15.9 Å². The minimum atomic E-state index is -1.16. The summed E-state index contributed by atoms with van der Waals surface area (Å²) in [5.41, 5.74) is 0.854. The zero-order valence-electron chi connectivity index (χ0n) is 11.7. The second kappa shape index (κ2) is 6.44. The third-order valence-corrected chi connectivity index (χ3v) is 3.24. The number of benzene rings is 1. The number of aryl methyl sites for hydroxylation is 1. The minimum absolute atomic E-state index is 0.0601. The Morgan fingerprint density at radius 2 is 2.00 bits per heavy atom. The van der Waals surface area contributed by atoms with Gasteiger partial charge in [-0.05, 0) is 36.8 Å². The molecular weight excluding hydrogens is 308 g/mol. The molecule has 1 aromatic heterocycles. The zero-order chi connectivity index (χ0) is 16.3. The van der Waals surface area contributed by atoms with Crippen molar-refractivity contribution >= 4 is 29.2 Å². The second-order valence-corrected chi connectivity index (χ2v) is 5.13. The van der Waals surface area contributed by atoms with E-state index in [2.05, 4.69) is 5.32 Å². The van der Waals surface area contributed by atoms with Gasteiger partial charge in [-0.2, -0.15) is 0 Å². The Labute approximate surface area is 131 Å². The van der Waals surface area contributed by atoms with Gasteiger partial charge in [-0.1, -0.05) is 11.6 Å². The van der Waals surface area contributed by atoms with Crippen molar-refractivity contribution in [1.82, 2.24) is 4.57 Å². The number of nitrogens with zero attached hydrogens (tertiary/aromatic N) is 1. The Morgan fingerprint density at radius 1 is 1.27 bits per heavy atom.